The normalized spacial score (nSPS) is 10.5. The smallest absolute Gasteiger partial charge is 0.193 e. The molecule has 0 spiro atoms. The number of H-pyrrole nitrogens is 1. The molecule has 3 aromatic carbocycles. The number of carbonyl (C=O) groups excluding carboxylic acids is 1. The first-order valence-corrected chi connectivity index (χ1v) is 7.85. The zero-order valence-corrected chi connectivity index (χ0v) is 13.2. The van der Waals surface area contributed by atoms with Crippen molar-refractivity contribution in [3.05, 3.63) is 89.5 Å². The van der Waals surface area contributed by atoms with Gasteiger partial charge in [-0.3, -0.25) is 4.79 Å². The molecule has 4 rings (SSSR count). The highest BCUT2D eigenvalue weighted by molar-refractivity contribution is 6.10. The van der Waals surface area contributed by atoms with Gasteiger partial charge in [-0.2, -0.15) is 5.26 Å². The third kappa shape index (κ3) is 2.79. The van der Waals surface area contributed by atoms with Crippen LogP contribution >= 0.6 is 0 Å². The van der Waals surface area contributed by atoms with E-state index in [1.165, 1.54) is 0 Å². The molecule has 1 heterocycles. The third-order valence-electron chi connectivity index (χ3n) is 4.05. The van der Waals surface area contributed by atoms with Crippen LogP contribution < -0.4 is 0 Å². The summed E-state index contributed by atoms with van der Waals surface area (Å²) in [5.74, 6) is 0.654. The number of fused-ring (bicyclic) bond motifs is 1. The lowest BCUT2D eigenvalue weighted by molar-refractivity contribution is 0.103. The number of nitrogens with one attached hydrogen (secondary N) is 1. The number of imidazole rings is 1. The summed E-state index contributed by atoms with van der Waals surface area (Å²) in [5.41, 5.74) is 4.26. The van der Waals surface area contributed by atoms with Gasteiger partial charge in [0.2, 0.25) is 0 Å². The zero-order valence-electron chi connectivity index (χ0n) is 13.2. The minimum Gasteiger partial charge on any atom is -0.338 e. The molecule has 0 radical (unpaired) electrons. The first-order valence-electron chi connectivity index (χ1n) is 7.85. The number of carbonyl (C=O) groups is 1. The SMILES string of the molecule is N#Cc1cccc(-c2nc3ccc(C(=O)c4ccccc4)cc3[nH]2)c1. The van der Waals surface area contributed by atoms with Gasteiger partial charge in [0, 0.05) is 16.7 Å². The van der Waals surface area contributed by atoms with E-state index in [0.29, 0.717) is 22.5 Å². The number of aromatic nitrogens is 2. The van der Waals surface area contributed by atoms with Gasteiger partial charge in [-0.1, -0.05) is 42.5 Å². The molecule has 25 heavy (non-hydrogen) atoms. The van der Waals surface area contributed by atoms with Gasteiger partial charge in [0.15, 0.2) is 5.78 Å². The molecule has 0 aliphatic rings. The molecule has 4 heteroatoms. The van der Waals surface area contributed by atoms with Crippen molar-refractivity contribution in [1.29, 1.82) is 5.26 Å². The number of benzene rings is 3. The highest BCUT2D eigenvalue weighted by atomic mass is 16.1. The molecule has 0 aliphatic heterocycles. The molecule has 0 saturated heterocycles. The molecular formula is C21H13N3O. The molecule has 1 N–H and O–H groups in total. The van der Waals surface area contributed by atoms with Crippen LogP contribution in [0.5, 0.6) is 0 Å². The summed E-state index contributed by atoms with van der Waals surface area (Å²) in [4.78, 5) is 20.4. The van der Waals surface area contributed by atoms with Crippen LogP contribution in [0.15, 0.2) is 72.8 Å². The average molecular weight is 323 g/mol. The fourth-order valence-corrected chi connectivity index (χ4v) is 2.78. The van der Waals surface area contributed by atoms with Crippen LogP contribution in [0.4, 0.5) is 0 Å². The highest BCUT2D eigenvalue weighted by Gasteiger charge is 2.12. The largest absolute Gasteiger partial charge is 0.338 e. The van der Waals surface area contributed by atoms with Crippen molar-refractivity contribution >= 4 is 16.8 Å². The van der Waals surface area contributed by atoms with Crippen LogP contribution in [-0.2, 0) is 0 Å². The Labute approximate surface area is 144 Å². The number of ketones is 1. The fourth-order valence-electron chi connectivity index (χ4n) is 2.78. The molecule has 0 bridgehead atoms. The Bertz CT molecular complexity index is 1120. The first-order chi connectivity index (χ1) is 12.2. The van der Waals surface area contributed by atoms with Gasteiger partial charge in [-0.25, -0.2) is 4.98 Å². The van der Waals surface area contributed by atoms with Crippen molar-refractivity contribution in [2.45, 2.75) is 0 Å². The van der Waals surface area contributed by atoms with Gasteiger partial charge in [0.25, 0.3) is 0 Å². The molecule has 1 aromatic heterocycles. The Morgan fingerprint density at radius 3 is 2.56 bits per heavy atom. The predicted molar refractivity (Wildman–Crippen MR) is 96.1 cm³/mol. The number of nitriles is 1. The van der Waals surface area contributed by atoms with E-state index in [4.69, 9.17) is 5.26 Å². The summed E-state index contributed by atoms with van der Waals surface area (Å²) in [6.07, 6.45) is 0. The van der Waals surface area contributed by atoms with Crippen LogP contribution in [0.1, 0.15) is 21.5 Å². The highest BCUT2D eigenvalue weighted by Crippen LogP contribution is 2.23. The summed E-state index contributed by atoms with van der Waals surface area (Å²) >= 11 is 0. The molecule has 0 unspecified atom stereocenters. The van der Waals surface area contributed by atoms with Gasteiger partial charge in [-0.05, 0) is 30.3 Å². The topological polar surface area (TPSA) is 69.5 Å². The Morgan fingerprint density at radius 1 is 0.920 bits per heavy atom. The van der Waals surface area contributed by atoms with Crippen molar-refractivity contribution < 1.29 is 4.79 Å². The molecule has 0 amide bonds. The molecule has 0 saturated carbocycles. The number of hydrogen-bond acceptors (Lipinski definition) is 3. The van der Waals surface area contributed by atoms with Gasteiger partial charge >= 0.3 is 0 Å². The summed E-state index contributed by atoms with van der Waals surface area (Å²) in [6.45, 7) is 0. The Balaban J connectivity index is 1.75. The lowest BCUT2D eigenvalue weighted by atomic mass is 10.0. The second-order valence-corrected chi connectivity index (χ2v) is 5.71. The minimum atomic E-state index is -0.0230. The second kappa shape index (κ2) is 6.06. The van der Waals surface area contributed by atoms with Crippen LogP contribution in [0.2, 0.25) is 0 Å². The molecule has 0 aliphatic carbocycles. The average Bonchev–Trinajstić information content (AvgIpc) is 3.11. The molecule has 4 aromatic rings. The van der Waals surface area contributed by atoms with Crippen LogP contribution in [-0.4, -0.2) is 15.8 Å². The van der Waals surface area contributed by atoms with E-state index in [0.717, 1.165) is 16.6 Å². The zero-order chi connectivity index (χ0) is 17.2. The third-order valence-corrected chi connectivity index (χ3v) is 4.05. The van der Waals surface area contributed by atoms with E-state index in [-0.39, 0.29) is 5.78 Å². The monoisotopic (exact) mass is 323 g/mol. The van der Waals surface area contributed by atoms with Gasteiger partial charge in [-0.15, -0.1) is 0 Å². The van der Waals surface area contributed by atoms with E-state index in [1.54, 1.807) is 30.3 Å². The van der Waals surface area contributed by atoms with Crippen LogP contribution in [0, 0.1) is 11.3 Å². The van der Waals surface area contributed by atoms with E-state index in [2.05, 4.69) is 16.0 Å². The summed E-state index contributed by atoms with van der Waals surface area (Å²) < 4.78 is 0. The molecular weight excluding hydrogens is 310 g/mol. The van der Waals surface area contributed by atoms with Crippen molar-refractivity contribution in [2.75, 3.05) is 0 Å². The van der Waals surface area contributed by atoms with Gasteiger partial charge in [0.05, 0.1) is 22.7 Å². The minimum absolute atomic E-state index is 0.0230. The van der Waals surface area contributed by atoms with E-state index in [9.17, 15) is 4.79 Å². The Kier molecular flexibility index (Phi) is 3.60. The van der Waals surface area contributed by atoms with E-state index in [1.807, 2.05) is 42.5 Å². The number of aromatic amines is 1. The Hall–Kier alpha value is -3.71. The van der Waals surface area contributed by atoms with Crippen LogP contribution in [0.3, 0.4) is 0 Å². The van der Waals surface area contributed by atoms with Crippen LogP contribution in [0.25, 0.3) is 22.4 Å². The number of nitrogens with zero attached hydrogens (tertiary/aromatic N) is 2. The lowest BCUT2D eigenvalue weighted by Gasteiger charge is -2.00. The maximum atomic E-state index is 12.6. The number of hydrogen-bond donors (Lipinski definition) is 1. The van der Waals surface area contributed by atoms with Crippen molar-refractivity contribution in [3.63, 3.8) is 0 Å². The van der Waals surface area contributed by atoms with Crippen molar-refractivity contribution in [1.82, 2.24) is 9.97 Å². The second-order valence-electron chi connectivity index (χ2n) is 5.71. The first kappa shape index (κ1) is 14.9. The van der Waals surface area contributed by atoms with Crippen molar-refractivity contribution in [3.8, 4) is 17.5 Å². The molecule has 118 valence electrons. The van der Waals surface area contributed by atoms with Gasteiger partial charge < -0.3 is 4.98 Å². The van der Waals surface area contributed by atoms with E-state index < -0.39 is 0 Å². The standard InChI is InChI=1S/C21H13N3O/c22-13-14-5-4-8-17(11-14)21-23-18-10-9-16(12-19(18)24-21)20(25)15-6-2-1-3-7-15/h1-12H,(H,23,24). The number of rotatable bonds is 3. The summed E-state index contributed by atoms with van der Waals surface area (Å²) in [6, 6.07) is 24.0. The van der Waals surface area contributed by atoms with Gasteiger partial charge in [0.1, 0.15) is 5.82 Å². The quantitative estimate of drug-likeness (QED) is 0.570. The lowest BCUT2D eigenvalue weighted by Crippen LogP contribution is -2.00. The maximum absolute atomic E-state index is 12.6. The predicted octanol–water partition coefficient (Wildman–Crippen LogP) is 4.33. The molecule has 0 atom stereocenters. The molecule has 0 fully saturated rings. The molecule has 4 nitrogen and oxygen atoms in total. The fraction of sp³-hybridized carbons (Fsp3) is 0. The summed E-state index contributed by atoms with van der Waals surface area (Å²) in [5, 5.41) is 9.04. The Morgan fingerprint density at radius 2 is 1.76 bits per heavy atom. The van der Waals surface area contributed by atoms with E-state index >= 15 is 0 Å². The van der Waals surface area contributed by atoms with Crippen molar-refractivity contribution in [2.24, 2.45) is 0 Å². The maximum Gasteiger partial charge on any atom is 0.193 e. The summed E-state index contributed by atoms with van der Waals surface area (Å²) in [7, 11) is 0.